The molecule has 1 fully saturated rings. The predicted molar refractivity (Wildman–Crippen MR) is 93.1 cm³/mol. The summed E-state index contributed by atoms with van der Waals surface area (Å²) in [6.07, 6.45) is 0. The number of hydrogen-bond donors (Lipinski definition) is 2. The summed E-state index contributed by atoms with van der Waals surface area (Å²) in [5.41, 5.74) is 5.67. The van der Waals surface area contributed by atoms with Gasteiger partial charge in [-0.3, -0.25) is 14.5 Å². The molecule has 1 aromatic rings. The minimum absolute atomic E-state index is 0.506. The van der Waals surface area contributed by atoms with Crippen molar-refractivity contribution in [3.8, 4) is 5.75 Å². The molecule has 1 saturated heterocycles. The van der Waals surface area contributed by atoms with Crippen LogP contribution in [0.1, 0.15) is 13.8 Å². The fourth-order valence-electron chi connectivity index (χ4n) is 2.92. The van der Waals surface area contributed by atoms with Crippen molar-refractivity contribution in [2.45, 2.75) is 19.4 Å². The van der Waals surface area contributed by atoms with Gasteiger partial charge in [0.1, 0.15) is 5.75 Å². The van der Waals surface area contributed by atoms with Crippen LogP contribution in [0.4, 0.5) is 5.69 Å². The van der Waals surface area contributed by atoms with E-state index in [0.717, 1.165) is 31.9 Å². The molecular weight excluding hydrogens is 308 g/mol. The highest BCUT2D eigenvalue weighted by molar-refractivity contribution is 6.34. The molecule has 1 aliphatic rings. The molecule has 132 valence electrons. The van der Waals surface area contributed by atoms with E-state index < -0.39 is 17.4 Å². The largest absolute Gasteiger partial charge is 0.497 e. The van der Waals surface area contributed by atoms with Gasteiger partial charge in [0.2, 0.25) is 0 Å². The molecule has 2 rings (SSSR count). The lowest BCUT2D eigenvalue weighted by Crippen LogP contribution is -2.57. The van der Waals surface area contributed by atoms with Crippen LogP contribution in [-0.2, 0) is 9.59 Å². The number of carbonyl (C=O) groups excluding carboxylic acids is 2. The Kier molecular flexibility index (Phi) is 5.66. The first kappa shape index (κ1) is 18.1. The van der Waals surface area contributed by atoms with Crippen LogP contribution in [0, 0.1) is 0 Å². The highest BCUT2D eigenvalue weighted by atomic mass is 16.5. The molecule has 0 spiro atoms. The molecule has 1 aliphatic heterocycles. The summed E-state index contributed by atoms with van der Waals surface area (Å²) in [4.78, 5) is 27.0. The molecule has 2 amide bonds. The molecule has 24 heavy (non-hydrogen) atoms. The molecule has 1 aromatic carbocycles. The van der Waals surface area contributed by atoms with Gasteiger partial charge >= 0.3 is 11.8 Å². The van der Waals surface area contributed by atoms with Crippen molar-refractivity contribution in [1.82, 2.24) is 10.2 Å². The first-order chi connectivity index (χ1) is 11.3. The fraction of sp³-hybridized carbons (Fsp3) is 0.529. The van der Waals surface area contributed by atoms with E-state index in [1.165, 1.54) is 5.69 Å². The highest BCUT2D eigenvalue weighted by Crippen LogP contribution is 2.21. The summed E-state index contributed by atoms with van der Waals surface area (Å²) in [5, 5.41) is 2.68. The summed E-state index contributed by atoms with van der Waals surface area (Å²) in [7, 11) is 1.66. The number of benzene rings is 1. The third-order valence-electron chi connectivity index (χ3n) is 4.10. The summed E-state index contributed by atoms with van der Waals surface area (Å²) in [6, 6.07) is 8.05. The van der Waals surface area contributed by atoms with Crippen LogP contribution in [0.5, 0.6) is 5.75 Å². The maximum absolute atomic E-state index is 11.5. The van der Waals surface area contributed by atoms with Crippen LogP contribution in [0.3, 0.4) is 0 Å². The van der Waals surface area contributed by atoms with Crippen molar-refractivity contribution in [2.24, 2.45) is 5.73 Å². The number of piperazine rings is 1. The van der Waals surface area contributed by atoms with Crippen LogP contribution in [-0.4, -0.2) is 62.1 Å². The molecule has 3 N–H and O–H groups in total. The lowest BCUT2D eigenvalue weighted by molar-refractivity contribution is -0.138. The summed E-state index contributed by atoms with van der Waals surface area (Å²) in [5.74, 6) is -0.839. The van der Waals surface area contributed by atoms with E-state index in [2.05, 4.69) is 27.2 Å². The predicted octanol–water partition coefficient (Wildman–Crippen LogP) is 0.197. The van der Waals surface area contributed by atoms with E-state index in [-0.39, 0.29) is 0 Å². The second kappa shape index (κ2) is 7.53. The van der Waals surface area contributed by atoms with Crippen LogP contribution in [0.2, 0.25) is 0 Å². The van der Waals surface area contributed by atoms with Crippen LogP contribution in [0.15, 0.2) is 24.3 Å². The Morgan fingerprint density at radius 3 is 2.25 bits per heavy atom. The second-order valence-electron chi connectivity index (χ2n) is 6.66. The number of nitrogens with zero attached hydrogens (tertiary/aromatic N) is 2. The number of amides is 2. The number of methoxy groups -OCH3 is 1. The van der Waals surface area contributed by atoms with E-state index in [1.54, 1.807) is 7.11 Å². The zero-order chi connectivity index (χ0) is 17.7. The van der Waals surface area contributed by atoms with Gasteiger partial charge in [-0.15, -0.1) is 0 Å². The van der Waals surface area contributed by atoms with Crippen LogP contribution < -0.4 is 20.7 Å². The number of ether oxygens (including phenoxy) is 1. The average molecular weight is 334 g/mol. The van der Waals surface area contributed by atoms with Crippen molar-refractivity contribution >= 4 is 17.5 Å². The van der Waals surface area contributed by atoms with E-state index in [9.17, 15) is 9.59 Å². The Balaban J connectivity index is 1.85. The van der Waals surface area contributed by atoms with Gasteiger partial charge in [0.25, 0.3) is 0 Å². The third kappa shape index (κ3) is 4.86. The summed E-state index contributed by atoms with van der Waals surface area (Å²) >= 11 is 0. The molecule has 0 atom stereocenters. The quantitative estimate of drug-likeness (QED) is 0.751. The second-order valence-corrected chi connectivity index (χ2v) is 6.66. The molecule has 0 aromatic heterocycles. The van der Waals surface area contributed by atoms with Crippen molar-refractivity contribution in [2.75, 3.05) is 44.7 Å². The van der Waals surface area contributed by atoms with Gasteiger partial charge in [0.15, 0.2) is 0 Å². The fourth-order valence-corrected chi connectivity index (χ4v) is 2.92. The van der Waals surface area contributed by atoms with Crippen molar-refractivity contribution < 1.29 is 14.3 Å². The van der Waals surface area contributed by atoms with E-state index in [1.807, 2.05) is 26.0 Å². The van der Waals surface area contributed by atoms with E-state index in [0.29, 0.717) is 6.54 Å². The molecule has 1 heterocycles. The van der Waals surface area contributed by atoms with Crippen molar-refractivity contribution in [3.63, 3.8) is 0 Å². The Labute approximate surface area is 142 Å². The first-order valence-corrected chi connectivity index (χ1v) is 8.04. The third-order valence-corrected chi connectivity index (χ3v) is 4.10. The average Bonchev–Trinajstić information content (AvgIpc) is 2.54. The van der Waals surface area contributed by atoms with E-state index in [4.69, 9.17) is 10.5 Å². The molecule has 0 saturated carbocycles. The number of carbonyl (C=O) groups is 2. The SMILES string of the molecule is COc1ccc(N2CCN(CC(C)(C)NC(=O)C(N)=O)CC2)cc1. The molecule has 0 bridgehead atoms. The Morgan fingerprint density at radius 1 is 1.17 bits per heavy atom. The molecular formula is C17H26N4O3. The van der Waals surface area contributed by atoms with Gasteiger partial charge in [-0.25, -0.2) is 0 Å². The first-order valence-electron chi connectivity index (χ1n) is 8.04. The summed E-state index contributed by atoms with van der Waals surface area (Å²) < 4.78 is 5.18. The van der Waals surface area contributed by atoms with Gasteiger partial charge in [0, 0.05) is 44.0 Å². The van der Waals surface area contributed by atoms with Crippen LogP contribution in [0.25, 0.3) is 0 Å². The van der Waals surface area contributed by atoms with Crippen LogP contribution >= 0.6 is 0 Å². The molecule has 7 heteroatoms. The van der Waals surface area contributed by atoms with Gasteiger partial charge in [0.05, 0.1) is 7.11 Å². The normalized spacial score (nSPS) is 15.9. The Hall–Kier alpha value is -2.28. The number of nitrogens with two attached hydrogens (primary N) is 1. The lowest BCUT2D eigenvalue weighted by atomic mass is 10.0. The van der Waals surface area contributed by atoms with Gasteiger partial charge in [-0.2, -0.15) is 0 Å². The topological polar surface area (TPSA) is 87.9 Å². The number of rotatable bonds is 5. The molecule has 7 nitrogen and oxygen atoms in total. The number of nitrogens with one attached hydrogen (secondary N) is 1. The Morgan fingerprint density at radius 2 is 1.75 bits per heavy atom. The van der Waals surface area contributed by atoms with Crippen molar-refractivity contribution in [3.05, 3.63) is 24.3 Å². The molecule has 0 radical (unpaired) electrons. The lowest BCUT2D eigenvalue weighted by Gasteiger charge is -2.40. The molecule has 0 aliphatic carbocycles. The van der Waals surface area contributed by atoms with Crippen molar-refractivity contribution in [1.29, 1.82) is 0 Å². The Bertz CT molecular complexity index is 578. The number of primary amides is 1. The monoisotopic (exact) mass is 334 g/mol. The smallest absolute Gasteiger partial charge is 0.309 e. The number of hydrogen-bond acceptors (Lipinski definition) is 5. The van der Waals surface area contributed by atoms with Gasteiger partial charge < -0.3 is 20.7 Å². The zero-order valence-electron chi connectivity index (χ0n) is 14.5. The standard InChI is InChI=1S/C17H26N4O3/c1-17(2,19-16(23)15(18)22)12-20-8-10-21(11-9-20)13-4-6-14(24-3)7-5-13/h4-7H,8-12H2,1-3H3,(H2,18,22)(H,19,23). The minimum Gasteiger partial charge on any atom is -0.497 e. The minimum atomic E-state index is -0.951. The highest BCUT2D eigenvalue weighted by Gasteiger charge is 2.27. The van der Waals surface area contributed by atoms with Gasteiger partial charge in [-0.1, -0.05) is 0 Å². The number of anilines is 1. The molecule has 0 unspecified atom stereocenters. The van der Waals surface area contributed by atoms with Gasteiger partial charge in [-0.05, 0) is 38.1 Å². The zero-order valence-corrected chi connectivity index (χ0v) is 14.5. The maximum Gasteiger partial charge on any atom is 0.309 e. The maximum atomic E-state index is 11.5. The summed E-state index contributed by atoms with van der Waals surface area (Å²) in [6.45, 7) is 8.05. The van der Waals surface area contributed by atoms with E-state index >= 15 is 0 Å².